The summed E-state index contributed by atoms with van der Waals surface area (Å²) in [7, 11) is 2.71. The second-order valence-corrected chi connectivity index (χ2v) is 4.00. The van der Waals surface area contributed by atoms with Crippen LogP contribution in [-0.2, 0) is 33.3 Å². The van der Waals surface area contributed by atoms with Gasteiger partial charge in [0, 0.05) is 14.2 Å². The van der Waals surface area contributed by atoms with Gasteiger partial charge in [-0.1, -0.05) is 0 Å². The van der Waals surface area contributed by atoms with Crippen LogP contribution in [0.4, 0.5) is 0 Å². The Kier molecular flexibility index (Phi) is 6.99. The Morgan fingerprint density at radius 1 is 1.20 bits per heavy atom. The van der Waals surface area contributed by atoms with Crippen molar-refractivity contribution in [2.45, 2.75) is 18.3 Å². The zero-order chi connectivity index (χ0) is 15.0. The van der Waals surface area contributed by atoms with Crippen molar-refractivity contribution in [2.75, 3.05) is 34.0 Å². The average molecular weight is 290 g/mol. The fraction of sp³-hybridized carbons (Fsp3) is 0.667. The number of hydrogen-bond acceptors (Lipinski definition) is 8. The van der Waals surface area contributed by atoms with Crippen molar-refractivity contribution >= 4 is 11.9 Å². The molecule has 0 aromatic rings. The summed E-state index contributed by atoms with van der Waals surface area (Å²) in [5.74, 6) is -1.23. The molecule has 0 saturated carbocycles. The SMILES string of the molecule is COCC(=O)OC[C@H]1OC=C[C@@H](O)[C@H]1OC(=O)COC. The summed E-state index contributed by atoms with van der Waals surface area (Å²) in [6.45, 7) is -0.614. The van der Waals surface area contributed by atoms with Crippen LogP contribution in [-0.4, -0.2) is 69.4 Å². The van der Waals surface area contributed by atoms with Crippen LogP contribution in [0, 0.1) is 0 Å². The maximum Gasteiger partial charge on any atom is 0.332 e. The second-order valence-electron chi connectivity index (χ2n) is 4.00. The average Bonchev–Trinajstić information content (AvgIpc) is 2.40. The number of carbonyl (C=O) groups excluding carboxylic acids is 2. The zero-order valence-electron chi connectivity index (χ0n) is 11.3. The van der Waals surface area contributed by atoms with Crippen LogP contribution in [0.15, 0.2) is 12.3 Å². The molecule has 0 aliphatic carbocycles. The molecule has 0 aromatic carbocycles. The normalized spacial score (nSPS) is 24.9. The molecular formula is C12H18O8. The Morgan fingerprint density at radius 3 is 2.50 bits per heavy atom. The molecule has 0 bridgehead atoms. The van der Waals surface area contributed by atoms with E-state index in [1.54, 1.807) is 0 Å². The Hall–Kier alpha value is -1.64. The van der Waals surface area contributed by atoms with Crippen LogP contribution in [0.2, 0.25) is 0 Å². The van der Waals surface area contributed by atoms with Gasteiger partial charge >= 0.3 is 11.9 Å². The van der Waals surface area contributed by atoms with Crippen molar-refractivity contribution in [2.24, 2.45) is 0 Å². The molecule has 8 heteroatoms. The number of hydrogen-bond donors (Lipinski definition) is 1. The van der Waals surface area contributed by atoms with Gasteiger partial charge in [0.2, 0.25) is 0 Å². The van der Waals surface area contributed by atoms with E-state index in [0.717, 1.165) is 0 Å². The van der Waals surface area contributed by atoms with E-state index >= 15 is 0 Å². The number of aliphatic hydroxyl groups excluding tert-OH is 1. The fourth-order valence-electron chi connectivity index (χ4n) is 1.55. The van der Waals surface area contributed by atoms with E-state index in [1.165, 1.54) is 26.6 Å². The number of carbonyl (C=O) groups is 2. The highest BCUT2D eigenvalue weighted by atomic mass is 16.6. The van der Waals surface area contributed by atoms with E-state index in [9.17, 15) is 14.7 Å². The smallest absolute Gasteiger partial charge is 0.332 e. The standard InChI is InChI=1S/C12H18O8/c1-16-6-10(14)19-5-9-12(8(13)3-4-18-9)20-11(15)7-17-2/h3-4,8-9,12-13H,5-7H2,1-2H3/t8-,9-,12-/m1/s1. The minimum Gasteiger partial charge on any atom is -0.491 e. The molecule has 0 amide bonds. The highest BCUT2D eigenvalue weighted by Crippen LogP contribution is 2.17. The van der Waals surface area contributed by atoms with Crippen molar-refractivity contribution in [1.82, 2.24) is 0 Å². The first-order valence-corrected chi connectivity index (χ1v) is 5.91. The van der Waals surface area contributed by atoms with Gasteiger partial charge in [-0.3, -0.25) is 0 Å². The minimum atomic E-state index is -1.05. The highest BCUT2D eigenvalue weighted by molar-refractivity contribution is 5.71. The van der Waals surface area contributed by atoms with Crippen molar-refractivity contribution in [3.8, 4) is 0 Å². The summed E-state index contributed by atoms with van der Waals surface area (Å²) in [5, 5.41) is 9.78. The molecular weight excluding hydrogens is 272 g/mol. The van der Waals surface area contributed by atoms with Gasteiger partial charge in [-0.05, 0) is 6.08 Å². The number of esters is 2. The third-order valence-corrected chi connectivity index (χ3v) is 2.43. The number of rotatable bonds is 7. The molecule has 1 N–H and O–H groups in total. The van der Waals surface area contributed by atoms with Gasteiger partial charge in [0.05, 0.1) is 6.26 Å². The van der Waals surface area contributed by atoms with Gasteiger partial charge in [0.15, 0.2) is 12.2 Å². The minimum absolute atomic E-state index is 0.172. The van der Waals surface area contributed by atoms with Crippen LogP contribution >= 0.6 is 0 Å². The Bertz CT molecular complexity index is 353. The van der Waals surface area contributed by atoms with Gasteiger partial charge in [0.25, 0.3) is 0 Å². The number of ether oxygens (including phenoxy) is 5. The molecule has 20 heavy (non-hydrogen) atoms. The molecule has 0 unspecified atom stereocenters. The van der Waals surface area contributed by atoms with Gasteiger partial charge in [-0.15, -0.1) is 0 Å². The van der Waals surface area contributed by atoms with Crippen LogP contribution in [0.1, 0.15) is 0 Å². The van der Waals surface area contributed by atoms with Crippen LogP contribution in [0.3, 0.4) is 0 Å². The topological polar surface area (TPSA) is 101 Å². The molecule has 114 valence electrons. The monoisotopic (exact) mass is 290 g/mol. The zero-order valence-corrected chi connectivity index (χ0v) is 11.3. The first-order chi connectivity index (χ1) is 9.58. The first-order valence-electron chi connectivity index (χ1n) is 5.91. The first kappa shape index (κ1) is 16.4. The summed E-state index contributed by atoms with van der Waals surface area (Å²) in [4.78, 5) is 22.6. The number of aliphatic hydroxyl groups is 1. The highest BCUT2D eigenvalue weighted by Gasteiger charge is 2.35. The van der Waals surface area contributed by atoms with Gasteiger partial charge < -0.3 is 28.8 Å². The lowest BCUT2D eigenvalue weighted by molar-refractivity contribution is -0.175. The predicted octanol–water partition coefficient (Wildman–Crippen LogP) is -0.992. The molecule has 1 aliphatic heterocycles. The Labute approximate surface area is 116 Å². The molecule has 0 saturated heterocycles. The predicted molar refractivity (Wildman–Crippen MR) is 64.6 cm³/mol. The molecule has 0 radical (unpaired) electrons. The van der Waals surface area contributed by atoms with Crippen LogP contribution in [0.25, 0.3) is 0 Å². The maximum atomic E-state index is 11.4. The van der Waals surface area contributed by atoms with Crippen molar-refractivity contribution in [1.29, 1.82) is 0 Å². The Morgan fingerprint density at radius 2 is 1.85 bits per heavy atom. The van der Waals surface area contributed by atoms with Crippen molar-refractivity contribution in [3.63, 3.8) is 0 Å². The van der Waals surface area contributed by atoms with Gasteiger partial charge in [-0.25, -0.2) is 9.59 Å². The molecule has 1 aliphatic rings. The molecule has 1 rings (SSSR count). The summed E-state index contributed by atoms with van der Waals surface area (Å²) in [6, 6.07) is 0. The molecule has 0 spiro atoms. The second kappa shape index (κ2) is 8.51. The quantitative estimate of drug-likeness (QED) is 0.596. The van der Waals surface area contributed by atoms with Crippen LogP contribution in [0.5, 0.6) is 0 Å². The summed E-state index contributed by atoms with van der Waals surface area (Å²) in [6.07, 6.45) is -0.219. The fourth-order valence-corrected chi connectivity index (χ4v) is 1.55. The molecule has 1 heterocycles. The van der Waals surface area contributed by atoms with Crippen LogP contribution < -0.4 is 0 Å². The van der Waals surface area contributed by atoms with E-state index in [2.05, 4.69) is 9.47 Å². The summed E-state index contributed by atoms with van der Waals surface area (Å²) < 4.78 is 24.3. The van der Waals surface area contributed by atoms with E-state index in [0.29, 0.717) is 0 Å². The van der Waals surface area contributed by atoms with Crippen molar-refractivity contribution in [3.05, 3.63) is 12.3 Å². The number of methoxy groups -OCH3 is 2. The molecule has 3 atom stereocenters. The lowest BCUT2D eigenvalue weighted by atomic mass is 10.1. The third-order valence-electron chi connectivity index (χ3n) is 2.43. The lowest BCUT2D eigenvalue weighted by Crippen LogP contribution is -2.46. The van der Waals surface area contributed by atoms with E-state index in [4.69, 9.17) is 14.2 Å². The van der Waals surface area contributed by atoms with E-state index < -0.39 is 30.3 Å². The lowest BCUT2D eigenvalue weighted by Gasteiger charge is -2.31. The van der Waals surface area contributed by atoms with E-state index in [-0.39, 0.29) is 19.8 Å². The van der Waals surface area contributed by atoms with E-state index in [1.807, 2.05) is 0 Å². The Balaban J connectivity index is 2.54. The molecule has 0 fully saturated rings. The molecule has 0 aromatic heterocycles. The molecule has 8 nitrogen and oxygen atoms in total. The maximum absolute atomic E-state index is 11.4. The van der Waals surface area contributed by atoms with Gasteiger partial charge in [0.1, 0.15) is 25.9 Å². The largest absolute Gasteiger partial charge is 0.491 e. The van der Waals surface area contributed by atoms with Gasteiger partial charge in [-0.2, -0.15) is 0 Å². The third kappa shape index (κ3) is 5.16. The van der Waals surface area contributed by atoms with Crippen molar-refractivity contribution < 1.29 is 38.4 Å². The summed E-state index contributed by atoms with van der Waals surface area (Å²) >= 11 is 0. The summed E-state index contributed by atoms with van der Waals surface area (Å²) in [5.41, 5.74) is 0.